The average Bonchev–Trinajstić information content (AvgIpc) is 3.00. The molecule has 1 aliphatic heterocycles. The number of rotatable bonds is 4. The van der Waals surface area contributed by atoms with Crippen LogP contribution in [0, 0.1) is 5.82 Å². The number of anilines is 1. The molecule has 3 N–H and O–H groups in total. The van der Waals surface area contributed by atoms with Gasteiger partial charge in [-0.2, -0.15) is 4.31 Å². The molecule has 138 valence electrons. The van der Waals surface area contributed by atoms with Gasteiger partial charge in [0, 0.05) is 32.0 Å². The van der Waals surface area contributed by atoms with Gasteiger partial charge in [-0.15, -0.1) is 0 Å². The van der Waals surface area contributed by atoms with Gasteiger partial charge in [0.25, 0.3) is 0 Å². The van der Waals surface area contributed by atoms with Crippen LogP contribution in [0.2, 0.25) is 0 Å². The van der Waals surface area contributed by atoms with E-state index >= 15 is 0 Å². The first kappa shape index (κ1) is 18.5. The Morgan fingerprint density at radius 1 is 1.19 bits per heavy atom. The van der Waals surface area contributed by atoms with E-state index in [4.69, 9.17) is 5.73 Å². The van der Waals surface area contributed by atoms with Crippen LogP contribution in [-0.2, 0) is 14.8 Å². The number of nitrogens with two attached hydrogens (primary N) is 1. The topological polar surface area (TPSA) is 92.5 Å². The monoisotopic (exact) mass is 377 g/mol. The predicted octanol–water partition coefficient (Wildman–Crippen LogP) is 1.90. The van der Waals surface area contributed by atoms with E-state index < -0.39 is 21.7 Å². The Bertz CT molecular complexity index is 919. The zero-order valence-electron chi connectivity index (χ0n) is 14.2. The van der Waals surface area contributed by atoms with Crippen LogP contribution in [-0.4, -0.2) is 37.8 Å². The zero-order chi connectivity index (χ0) is 18.9. The smallest absolute Gasteiger partial charge is 0.243 e. The molecule has 2 aromatic carbocycles. The van der Waals surface area contributed by atoms with E-state index in [1.807, 2.05) is 30.3 Å². The third kappa shape index (κ3) is 3.62. The van der Waals surface area contributed by atoms with Crippen molar-refractivity contribution in [3.63, 3.8) is 0 Å². The van der Waals surface area contributed by atoms with Crippen LogP contribution < -0.4 is 11.1 Å². The lowest BCUT2D eigenvalue weighted by atomic mass is 9.95. The van der Waals surface area contributed by atoms with Gasteiger partial charge in [0.1, 0.15) is 5.82 Å². The maximum Gasteiger partial charge on any atom is 0.243 e. The van der Waals surface area contributed by atoms with Crippen LogP contribution in [0.4, 0.5) is 10.1 Å². The first-order chi connectivity index (χ1) is 12.3. The third-order valence-electron chi connectivity index (χ3n) is 4.45. The van der Waals surface area contributed by atoms with Crippen molar-refractivity contribution < 1.29 is 17.6 Å². The highest BCUT2D eigenvalue weighted by atomic mass is 32.2. The van der Waals surface area contributed by atoms with Crippen LogP contribution >= 0.6 is 0 Å². The molecule has 1 aliphatic rings. The number of nitrogens with zero attached hydrogens (tertiary/aromatic N) is 1. The minimum absolute atomic E-state index is 0.0800. The maximum absolute atomic E-state index is 13.8. The van der Waals surface area contributed by atoms with Gasteiger partial charge in [0.05, 0.1) is 10.6 Å². The van der Waals surface area contributed by atoms with Crippen molar-refractivity contribution in [1.29, 1.82) is 0 Å². The van der Waals surface area contributed by atoms with Gasteiger partial charge in [-0.1, -0.05) is 30.3 Å². The number of carbonyl (C=O) groups is 1. The van der Waals surface area contributed by atoms with Crippen molar-refractivity contribution in [3.05, 3.63) is 59.9 Å². The Morgan fingerprint density at radius 2 is 1.88 bits per heavy atom. The molecule has 3 rings (SSSR count). The fraction of sp³-hybridized carbons (Fsp3) is 0.278. The maximum atomic E-state index is 13.8. The van der Waals surface area contributed by atoms with Crippen LogP contribution in [0.25, 0.3) is 0 Å². The molecule has 0 aromatic heterocycles. The fourth-order valence-corrected chi connectivity index (χ4v) is 4.67. The molecule has 2 aromatic rings. The molecule has 0 radical (unpaired) electrons. The number of benzene rings is 2. The summed E-state index contributed by atoms with van der Waals surface area (Å²) < 4.78 is 41.0. The summed E-state index contributed by atoms with van der Waals surface area (Å²) >= 11 is 0. The van der Waals surface area contributed by atoms with Gasteiger partial charge < -0.3 is 11.1 Å². The van der Waals surface area contributed by atoms with E-state index in [1.165, 1.54) is 17.3 Å². The molecule has 0 bridgehead atoms. The summed E-state index contributed by atoms with van der Waals surface area (Å²) in [4.78, 5) is 11.1. The van der Waals surface area contributed by atoms with E-state index in [0.717, 1.165) is 17.7 Å². The molecule has 6 nitrogen and oxygen atoms in total. The minimum Gasteiger partial charge on any atom is -0.326 e. The Kier molecular flexibility index (Phi) is 5.08. The Labute approximate surface area is 151 Å². The van der Waals surface area contributed by atoms with Crippen LogP contribution in [0.5, 0.6) is 0 Å². The number of nitrogens with one attached hydrogen (secondary N) is 1. The molecule has 0 unspecified atom stereocenters. The molecular weight excluding hydrogens is 357 g/mol. The van der Waals surface area contributed by atoms with Gasteiger partial charge in [-0.25, -0.2) is 12.8 Å². The average molecular weight is 377 g/mol. The van der Waals surface area contributed by atoms with Gasteiger partial charge >= 0.3 is 0 Å². The molecule has 0 saturated carbocycles. The molecule has 2 atom stereocenters. The first-order valence-corrected chi connectivity index (χ1v) is 9.61. The van der Waals surface area contributed by atoms with Crippen LogP contribution in [0.1, 0.15) is 18.4 Å². The molecule has 0 spiro atoms. The van der Waals surface area contributed by atoms with Crippen molar-refractivity contribution >= 4 is 21.6 Å². The van der Waals surface area contributed by atoms with E-state index in [0.29, 0.717) is 0 Å². The molecular formula is C18H20FN3O3S. The van der Waals surface area contributed by atoms with Crippen molar-refractivity contribution in [1.82, 2.24) is 4.31 Å². The molecule has 1 fully saturated rings. The lowest BCUT2D eigenvalue weighted by molar-refractivity contribution is -0.114. The SMILES string of the molecule is CC(=O)Nc1cc(S(=O)(=O)N2C[C@@H](N)[C@H](c3ccccc3)C2)ccc1F. The Balaban J connectivity index is 1.88. The van der Waals surface area contributed by atoms with Gasteiger partial charge in [0.15, 0.2) is 0 Å². The van der Waals surface area contributed by atoms with Crippen molar-refractivity contribution in [2.24, 2.45) is 5.73 Å². The van der Waals surface area contributed by atoms with E-state index in [1.54, 1.807) is 0 Å². The quantitative estimate of drug-likeness (QED) is 0.851. The summed E-state index contributed by atoms with van der Waals surface area (Å²) in [6.07, 6.45) is 0. The molecule has 1 heterocycles. The van der Waals surface area contributed by atoms with E-state index in [2.05, 4.69) is 5.32 Å². The highest BCUT2D eigenvalue weighted by Gasteiger charge is 2.38. The first-order valence-electron chi connectivity index (χ1n) is 8.17. The summed E-state index contributed by atoms with van der Waals surface area (Å²) in [6, 6.07) is 12.5. The van der Waals surface area contributed by atoms with Gasteiger partial charge in [0.2, 0.25) is 15.9 Å². The van der Waals surface area contributed by atoms with Gasteiger partial charge in [-0.3, -0.25) is 4.79 Å². The normalized spacial score (nSPS) is 20.9. The largest absolute Gasteiger partial charge is 0.326 e. The Hall–Kier alpha value is -2.29. The second-order valence-electron chi connectivity index (χ2n) is 6.33. The van der Waals surface area contributed by atoms with Crippen LogP contribution in [0.15, 0.2) is 53.4 Å². The van der Waals surface area contributed by atoms with Crippen molar-refractivity contribution in [2.75, 3.05) is 18.4 Å². The number of hydrogen-bond donors (Lipinski definition) is 2. The van der Waals surface area contributed by atoms with Crippen molar-refractivity contribution in [3.8, 4) is 0 Å². The Morgan fingerprint density at radius 3 is 2.54 bits per heavy atom. The summed E-state index contributed by atoms with van der Waals surface area (Å²) in [7, 11) is -3.85. The standard InChI is InChI=1S/C18H20FN3O3S/c1-12(23)21-18-9-14(7-8-16(18)19)26(24,25)22-10-15(17(20)11-22)13-5-3-2-4-6-13/h2-9,15,17H,10-11,20H2,1H3,(H,21,23)/t15-,17+/m0/s1. The summed E-state index contributed by atoms with van der Waals surface area (Å²) in [6.45, 7) is 1.65. The summed E-state index contributed by atoms with van der Waals surface area (Å²) in [5.41, 5.74) is 6.99. The zero-order valence-corrected chi connectivity index (χ0v) is 15.0. The van der Waals surface area contributed by atoms with Gasteiger partial charge in [-0.05, 0) is 23.8 Å². The molecule has 1 amide bonds. The second-order valence-corrected chi connectivity index (χ2v) is 8.26. The molecule has 8 heteroatoms. The lowest BCUT2D eigenvalue weighted by Crippen LogP contribution is -2.32. The minimum atomic E-state index is -3.85. The highest BCUT2D eigenvalue weighted by Crippen LogP contribution is 2.31. The summed E-state index contributed by atoms with van der Waals surface area (Å²) in [5, 5.41) is 2.30. The molecule has 1 saturated heterocycles. The molecule has 26 heavy (non-hydrogen) atoms. The predicted molar refractivity (Wildman–Crippen MR) is 96.6 cm³/mol. The number of carbonyl (C=O) groups excluding carboxylic acids is 1. The second kappa shape index (κ2) is 7.14. The fourth-order valence-electron chi connectivity index (χ4n) is 3.14. The number of halogens is 1. The molecule has 0 aliphatic carbocycles. The number of amides is 1. The summed E-state index contributed by atoms with van der Waals surface area (Å²) in [5.74, 6) is -1.29. The lowest BCUT2D eigenvalue weighted by Gasteiger charge is -2.17. The van der Waals surface area contributed by atoms with E-state index in [-0.39, 0.29) is 35.6 Å². The van der Waals surface area contributed by atoms with Crippen LogP contribution in [0.3, 0.4) is 0 Å². The third-order valence-corrected chi connectivity index (χ3v) is 6.27. The van der Waals surface area contributed by atoms with E-state index in [9.17, 15) is 17.6 Å². The highest BCUT2D eigenvalue weighted by molar-refractivity contribution is 7.89. The van der Waals surface area contributed by atoms with Crippen molar-refractivity contribution in [2.45, 2.75) is 23.8 Å². The number of sulfonamides is 1. The number of hydrogen-bond acceptors (Lipinski definition) is 4.